The second kappa shape index (κ2) is 6.20. The van der Waals surface area contributed by atoms with E-state index in [0.29, 0.717) is 17.0 Å². The van der Waals surface area contributed by atoms with Crippen molar-refractivity contribution in [1.29, 1.82) is 0 Å². The predicted octanol–water partition coefficient (Wildman–Crippen LogP) is 4.92. The molecule has 0 spiro atoms. The second-order valence-corrected chi connectivity index (χ2v) is 5.72. The van der Waals surface area contributed by atoms with Gasteiger partial charge in [0.1, 0.15) is 5.52 Å². The molecule has 1 aromatic heterocycles. The monoisotopic (exact) mass is 330 g/mol. The highest BCUT2D eigenvalue weighted by molar-refractivity contribution is 5.75. The van der Waals surface area contributed by atoms with Crippen molar-refractivity contribution >= 4 is 16.8 Å². The Morgan fingerprint density at radius 2 is 1.48 bits per heavy atom. The number of hydrogen-bond acceptors (Lipinski definition) is 4. The fraction of sp³-hybridized carbons (Fsp3) is 0.0500. The molecule has 5 heteroatoms. The van der Waals surface area contributed by atoms with Crippen molar-refractivity contribution < 1.29 is 9.34 Å². The van der Waals surface area contributed by atoms with Gasteiger partial charge >= 0.3 is 0 Å². The summed E-state index contributed by atoms with van der Waals surface area (Å²) >= 11 is 0. The largest absolute Gasteiger partial charge is 0.440 e. The number of rotatable bonds is 4. The van der Waals surface area contributed by atoms with Crippen LogP contribution in [-0.4, -0.2) is 9.91 Å². The summed E-state index contributed by atoms with van der Waals surface area (Å²) in [6, 6.07) is 24.4. The molecule has 25 heavy (non-hydrogen) atoms. The fourth-order valence-corrected chi connectivity index (χ4v) is 2.94. The molecular weight excluding hydrogens is 316 g/mol. The van der Waals surface area contributed by atoms with E-state index in [9.17, 15) is 10.1 Å². The molecule has 4 rings (SSSR count). The molecule has 0 amide bonds. The molecule has 0 saturated heterocycles. The van der Waals surface area contributed by atoms with Crippen LogP contribution in [0.3, 0.4) is 0 Å². The number of nitrogens with zero attached hydrogens (tertiary/aromatic N) is 2. The van der Waals surface area contributed by atoms with Gasteiger partial charge in [-0.3, -0.25) is 10.1 Å². The molecule has 5 nitrogen and oxygen atoms in total. The van der Waals surface area contributed by atoms with Gasteiger partial charge < -0.3 is 4.42 Å². The molecule has 0 aliphatic rings. The van der Waals surface area contributed by atoms with Crippen molar-refractivity contribution in [1.82, 2.24) is 4.98 Å². The summed E-state index contributed by atoms with van der Waals surface area (Å²) < 4.78 is 5.94. The Morgan fingerprint density at radius 1 is 0.880 bits per heavy atom. The summed E-state index contributed by atoms with van der Waals surface area (Å²) in [6.07, 6.45) is 0. The minimum atomic E-state index is -0.431. The van der Waals surface area contributed by atoms with E-state index in [2.05, 4.69) is 4.98 Å². The Kier molecular flexibility index (Phi) is 3.74. The van der Waals surface area contributed by atoms with Gasteiger partial charge in [0.15, 0.2) is 5.58 Å². The van der Waals surface area contributed by atoms with Crippen molar-refractivity contribution in [3.05, 3.63) is 106 Å². The molecule has 0 unspecified atom stereocenters. The summed E-state index contributed by atoms with van der Waals surface area (Å²) in [4.78, 5) is 15.1. The first-order chi connectivity index (χ1) is 12.2. The average molecular weight is 330 g/mol. The molecule has 0 radical (unpaired) electrons. The minimum Gasteiger partial charge on any atom is -0.440 e. The maximum atomic E-state index is 11.0. The molecule has 0 bridgehead atoms. The summed E-state index contributed by atoms with van der Waals surface area (Å²) in [7, 11) is 0. The van der Waals surface area contributed by atoms with Crippen LogP contribution in [0.15, 0.2) is 83.3 Å². The van der Waals surface area contributed by atoms with E-state index < -0.39 is 4.92 Å². The van der Waals surface area contributed by atoms with Gasteiger partial charge in [-0.15, -0.1) is 0 Å². The number of benzene rings is 3. The highest BCUT2D eigenvalue weighted by Gasteiger charge is 2.23. The maximum Gasteiger partial charge on any atom is 0.271 e. The lowest BCUT2D eigenvalue weighted by Crippen LogP contribution is -2.03. The van der Waals surface area contributed by atoms with Crippen molar-refractivity contribution in [2.75, 3.05) is 0 Å². The number of aromatic nitrogens is 1. The van der Waals surface area contributed by atoms with E-state index in [0.717, 1.165) is 11.1 Å². The van der Waals surface area contributed by atoms with Crippen LogP contribution in [0.2, 0.25) is 0 Å². The number of non-ortho nitro benzene ring substituents is 1. The molecular formula is C20H14N2O3. The molecule has 0 aliphatic heterocycles. The van der Waals surface area contributed by atoms with Crippen LogP contribution in [-0.2, 0) is 0 Å². The standard InChI is InChI=1S/C20H14N2O3/c23-22(24)16-11-12-18-17(13-16)21-20(25-18)19(14-7-3-1-4-8-14)15-9-5-2-6-10-15/h1-13,19H. The molecule has 4 aromatic rings. The van der Waals surface area contributed by atoms with Crippen LogP contribution in [0.5, 0.6) is 0 Å². The van der Waals surface area contributed by atoms with E-state index in [4.69, 9.17) is 4.42 Å². The van der Waals surface area contributed by atoms with E-state index in [-0.39, 0.29) is 11.6 Å². The first kappa shape index (κ1) is 15.1. The minimum absolute atomic E-state index is 0.00308. The van der Waals surface area contributed by atoms with Crippen LogP contribution in [0.25, 0.3) is 11.1 Å². The third-order valence-electron chi connectivity index (χ3n) is 4.11. The van der Waals surface area contributed by atoms with Gasteiger partial charge in [-0.1, -0.05) is 60.7 Å². The van der Waals surface area contributed by atoms with Crippen LogP contribution in [0.1, 0.15) is 22.9 Å². The fourth-order valence-electron chi connectivity index (χ4n) is 2.94. The van der Waals surface area contributed by atoms with Gasteiger partial charge in [0, 0.05) is 12.1 Å². The van der Waals surface area contributed by atoms with Gasteiger partial charge in [0.05, 0.1) is 10.8 Å². The van der Waals surface area contributed by atoms with Gasteiger partial charge in [-0.2, -0.15) is 0 Å². The van der Waals surface area contributed by atoms with E-state index >= 15 is 0 Å². The van der Waals surface area contributed by atoms with E-state index in [1.54, 1.807) is 6.07 Å². The Morgan fingerprint density at radius 3 is 2.04 bits per heavy atom. The molecule has 1 heterocycles. The zero-order valence-corrected chi connectivity index (χ0v) is 13.2. The quantitative estimate of drug-likeness (QED) is 0.393. The number of oxazole rings is 1. The van der Waals surface area contributed by atoms with Crippen molar-refractivity contribution in [2.45, 2.75) is 5.92 Å². The molecule has 0 N–H and O–H groups in total. The van der Waals surface area contributed by atoms with Crippen LogP contribution >= 0.6 is 0 Å². The van der Waals surface area contributed by atoms with Crippen molar-refractivity contribution in [3.8, 4) is 0 Å². The van der Waals surface area contributed by atoms with Gasteiger partial charge in [0.25, 0.3) is 5.69 Å². The predicted molar refractivity (Wildman–Crippen MR) is 94.5 cm³/mol. The zero-order valence-electron chi connectivity index (χ0n) is 13.2. The molecule has 122 valence electrons. The van der Waals surface area contributed by atoms with Crippen LogP contribution in [0.4, 0.5) is 5.69 Å². The lowest BCUT2D eigenvalue weighted by Gasteiger charge is -2.14. The van der Waals surface area contributed by atoms with Crippen molar-refractivity contribution in [3.63, 3.8) is 0 Å². The smallest absolute Gasteiger partial charge is 0.271 e. The first-order valence-corrected chi connectivity index (χ1v) is 7.87. The molecule has 0 fully saturated rings. The lowest BCUT2D eigenvalue weighted by molar-refractivity contribution is -0.384. The molecule has 0 aliphatic carbocycles. The number of fused-ring (bicyclic) bond motifs is 1. The second-order valence-electron chi connectivity index (χ2n) is 5.72. The van der Waals surface area contributed by atoms with Crippen LogP contribution < -0.4 is 0 Å². The Hall–Kier alpha value is -3.47. The van der Waals surface area contributed by atoms with Crippen LogP contribution in [0, 0.1) is 10.1 Å². The highest BCUT2D eigenvalue weighted by Crippen LogP contribution is 2.33. The maximum absolute atomic E-state index is 11.0. The summed E-state index contributed by atoms with van der Waals surface area (Å²) in [5.41, 5.74) is 3.13. The van der Waals surface area contributed by atoms with E-state index in [1.807, 2.05) is 60.7 Å². The van der Waals surface area contributed by atoms with Gasteiger partial charge in [-0.25, -0.2) is 4.98 Å². The number of nitro groups is 1. The van der Waals surface area contributed by atoms with Gasteiger partial charge in [0.2, 0.25) is 5.89 Å². The first-order valence-electron chi connectivity index (χ1n) is 7.87. The summed E-state index contributed by atoms with van der Waals surface area (Å²) in [6.45, 7) is 0. The van der Waals surface area contributed by atoms with Crippen molar-refractivity contribution in [2.24, 2.45) is 0 Å². The zero-order chi connectivity index (χ0) is 17.2. The Balaban J connectivity index is 1.87. The summed E-state index contributed by atoms with van der Waals surface area (Å²) in [5.74, 6) is 0.349. The number of hydrogen-bond donors (Lipinski definition) is 0. The molecule has 0 atom stereocenters. The topological polar surface area (TPSA) is 69.2 Å². The molecule has 0 saturated carbocycles. The average Bonchev–Trinajstić information content (AvgIpc) is 3.06. The number of nitro benzene ring substituents is 1. The third-order valence-corrected chi connectivity index (χ3v) is 4.11. The Labute approximate surface area is 143 Å². The normalized spacial score (nSPS) is 11.1. The lowest BCUT2D eigenvalue weighted by atomic mass is 9.91. The van der Waals surface area contributed by atoms with E-state index in [1.165, 1.54) is 12.1 Å². The third kappa shape index (κ3) is 2.87. The summed E-state index contributed by atoms with van der Waals surface area (Å²) in [5, 5.41) is 11.0. The van der Waals surface area contributed by atoms with Gasteiger partial charge in [-0.05, 0) is 17.2 Å². The SMILES string of the molecule is O=[N+]([O-])c1ccc2oc(C(c3ccccc3)c3ccccc3)nc2c1. The Bertz CT molecular complexity index is 987. The highest BCUT2D eigenvalue weighted by atomic mass is 16.6. The molecule has 3 aromatic carbocycles.